The second kappa shape index (κ2) is 6.74. The lowest BCUT2D eigenvalue weighted by molar-refractivity contribution is 0.315. The fraction of sp³-hybridized carbons (Fsp3) is 0.375. The van der Waals surface area contributed by atoms with E-state index in [1.165, 1.54) is 11.1 Å². The molecule has 0 saturated heterocycles. The number of halogens is 1. The average molecular weight is 352 g/mol. The van der Waals surface area contributed by atoms with Gasteiger partial charge in [0.2, 0.25) is 0 Å². The molecule has 0 saturated carbocycles. The molecule has 1 aliphatic rings. The van der Waals surface area contributed by atoms with Crippen LogP contribution in [0.4, 0.5) is 0 Å². The van der Waals surface area contributed by atoms with Crippen LogP contribution in [0.5, 0.6) is 5.75 Å². The first-order valence-electron chi connectivity index (χ1n) is 6.99. The molecule has 0 bridgehead atoms. The highest BCUT2D eigenvalue weighted by atomic mass is 79.9. The number of rotatable bonds is 4. The van der Waals surface area contributed by atoms with Crippen LogP contribution in [0.25, 0.3) is 0 Å². The minimum atomic E-state index is 0.402. The molecular formula is C16H18BrNOS. The molecule has 1 atom stereocenters. The van der Waals surface area contributed by atoms with Crippen LogP contribution in [0.1, 0.15) is 30.0 Å². The number of nitrogens with one attached hydrogen (secondary N) is 1. The number of benzene rings is 1. The number of hydrogen-bond donors (Lipinski definition) is 1. The second-order valence-corrected chi connectivity index (χ2v) is 6.76. The van der Waals surface area contributed by atoms with E-state index in [0.717, 1.165) is 42.6 Å². The Morgan fingerprint density at radius 1 is 1.35 bits per heavy atom. The first kappa shape index (κ1) is 14.1. The summed E-state index contributed by atoms with van der Waals surface area (Å²) in [5, 5.41) is 8.05. The Bertz CT molecular complexity index is 556. The lowest BCUT2D eigenvalue weighted by Gasteiger charge is -2.18. The van der Waals surface area contributed by atoms with Crippen molar-refractivity contribution in [3.05, 3.63) is 50.6 Å². The third-order valence-corrected chi connectivity index (χ3v) is 4.86. The number of thiophene rings is 1. The number of ether oxygens (including phenoxy) is 1. The summed E-state index contributed by atoms with van der Waals surface area (Å²) in [4.78, 5) is 0. The molecule has 1 aromatic heterocycles. The van der Waals surface area contributed by atoms with Crippen LogP contribution < -0.4 is 10.1 Å². The first-order valence-corrected chi connectivity index (χ1v) is 8.73. The number of hydrogen-bond acceptors (Lipinski definition) is 3. The van der Waals surface area contributed by atoms with Crippen LogP contribution in [0.3, 0.4) is 0 Å². The Morgan fingerprint density at radius 3 is 3.15 bits per heavy atom. The van der Waals surface area contributed by atoms with E-state index in [-0.39, 0.29) is 0 Å². The molecule has 0 spiro atoms. The highest BCUT2D eigenvalue weighted by molar-refractivity contribution is 9.10. The fourth-order valence-electron chi connectivity index (χ4n) is 2.58. The van der Waals surface area contributed by atoms with Crippen LogP contribution in [-0.2, 0) is 6.42 Å². The molecule has 1 unspecified atom stereocenters. The zero-order chi connectivity index (χ0) is 13.8. The average Bonchev–Trinajstić information content (AvgIpc) is 2.87. The van der Waals surface area contributed by atoms with Gasteiger partial charge in [0.15, 0.2) is 0 Å². The largest absolute Gasteiger partial charge is 0.493 e. The SMILES string of the molecule is Brc1ccc2c(c1)OCCCC2NCCc1ccsc1. The van der Waals surface area contributed by atoms with Crippen LogP contribution in [0.2, 0.25) is 0 Å². The van der Waals surface area contributed by atoms with Crippen LogP contribution in [0.15, 0.2) is 39.5 Å². The highest BCUT2D eigenvalue weighted by Gasteiger charge is 2.19. The van der Waals surface area contributed by atoms with Crippen LogP contribution in [0, 0.1) is 0 Å². The Kier molecular flexibility index (Phi) is 4.76. The van der Waals surface area contributed by atoms with Crippen molar-refractivity contribution >= 4 is 27.3 Å². The molecule has 2 heterocycles. The summed E-state index contributed by atoms with van der Waals surface area (Å²) in [7, 11) is 0. The lowest BCUT2D eigenvalue weighted by atomic mass is 10.0. The monoisotopic (exact) mass is 351 g/mol. The molecule has 1 aromatic carbocycles. The maximum absolute atomic E-state index is 5.84. The maximum atomic E-state index is 5.84. The Balaban J connectivity index is 1.67. The van der Waals surface area contributed by atoms with Crippen molar-refractivity contribution < 1.29 is 4.74 Å². The van der Waals surface area contributed by atoms with Crippen LogP contribution >= 0.6 is 27.3 Å². The fourth-order valence-corrected chi connectivity index (χ4v) is 3.63. The predicted octanol–water partition coefficient (Wildman–Crippen LogP) is 4.56. The van der Waals surface area contributed by atoms with Crippen molar-refractivity contribution in [1.29, 1.82) is 0 Å². The molecule has 1 aliphatic heterocycles. The summed E-state index contributed by atoms with van der Waals surface area (Å²) in [5.41, 5.74) is 2.71. The van der Waals surface area contributed by atoms with E-state index < -0.39 is 0 Å². The van der Waals surface area contributed by atoms with Gasteiger partial charge in [-0.05, 0) is 60.3 Å². The molecule has 1 N–H and O–H groups in total. The molecule has 0 amide bonds. The van der Waals surface area contributed by atoms with Crippen molar-refractivity contribution in [3.8, 4) is 5.75 Å². The first-order chi connectivity index (χ1) is 9.83. The third kappa shape index (κ3) is 3.43. The molecule has 0 fully saturated rings. The maximum Gasteiger partial charge on any atom is 0.125 e. The van der Waals surface area contributed by atoms with Gasteiger partial charge < -0.3 is 10.1 Å². The van der Waals surface area contributed by atoms with Gasteiger partial charge in [0, 0.05) is 16.1 Å². The van der Waals surface area contributed by atoms with Gasteiger partial charge in [-0.2, -0.15) is 11.3 Å². The Hall–Kier alpha value is -0.840. The van der Waals surface area contributed by atoms with Crippen molar-refractivity contribution in [3.63, 3.8) is 0 Å². The molecule has 20 heavy (non-hydrogen) atoms. The van der Waals surface area contributed by atoms with E-state index in [4.69, 9.17) is 4.74 Å². The van der Waals surface area contributed by atoms with Gasteiger partial charge in [-0.3, -0.25) is 0 Å². The summed E-state index contributed by atoms with van der Waals surface area (Å²) < 4.78 is 6.92. The quantitative estimate of drug-likeness (QED) is 0.871. The molecular weight excluding hydrogens is 334 g/mol. The van der Waals surface area contributed by atoms with Gasteiger partial charge in [0.25, 0.3) is 0 Å². The van der Waals surface area contributed by atoms with E-state index in [1.807, 2.05) is 0 Å². The molecule has 0 radical (unpaired) electrons. The summed E-state index contributed by atoms with van der Waals surface area (Å²) >= 11 is 5.28. The molecule has 2 aromatic rings. The zero-order valence-corrected chi connectivity index (χ0v) is 13.7. The van der Waals surface area contributed by atoms with Crippen LogP contribution in [-0.4, -0.2) is 13.2 Å². The Labute approximate surface area is 132 Å². The zero-order valence-electron chi connectivity index (χ0n) is 11.3. The molecule has 0 aliphatic carbocycles. The number of fused-ring (bicyclic) bond motifs is 1. The highest BCUT2D eigenvalue weighted by Crippen LogP contribution is 2.33. The second-order valence-electron chi connectivity index (χ2n) is 5.06. The van der Waals surface area contributed by atoms with E-state index in [1.54, 1.807) is 11.3 Å². The summed E-state index contributed by atoms with van der Waals surface area (Å²) in [5.74, 6) is 1.02. The smallest absolute Gasteiger partial charge is 0.125 e. The topological polar surface area (TPSA) is 21.3 Å². The summed E-state index contributed by atoms with van der Waals surface area (Å²) in [6, 6.07) is 8.95. The molecule has 2 nitrogen and oxygen atoms in total. The van der Waals surface area contributed by atoms with E-state index in [0.29, 0.717) is 6.04 Å². The van der Waals surface area contributed by atoms with Gasteiger partial charge in [-0.15, -0.1) is 0 Å². The van der Waals surface area contributed by atoms with Crippen molar-refractivity contribution in [2.45, 2.75) is 25.3 Å². The molecule has 4 heteroatoms. The van der Waals surface area contributed by atoms with Gasteiger partial charge in [-0.25, -0.2) is 0 Å². The molecule has 3 rings (SSSR count). The van der Waals surface area contributed by atoms with E-state index in [2.05, 4.69) is 56.3 Å². The van der Waals surface area contributed by atoms with Gasteiger partial charge in [-0.1, -0.05) is 22.0 Å². The summed E-state index contributed by atoms with van der Waals surface area (Å²) in [6.07, 6.45) is 3.33. The van der Waals surface area contributed by atoms with Crippen molar-refractivity contribution in [1.82, 2.24) is 5.32 Å². The third-order valence-electron chi connectivity index (χ3n) is 3.63. The Morgan fingerprint density at radius 2 is 2.30 bits per heavy atom. The van der Waals surface area contributed by atoms with Crippen molar-refractivity contribution in [2.24, 2.45) is 0 Å². The normalized spacial score (nSPS) is 18.1. The van der Waals surface area contributed by atoms with Gasteiger partial charge in [0.1, 0.15) is 5.75 Å². The minimum Gasteiger partial charge on any atom is -0.493 e. The van der Waals surface area contributed by atoms with Crippen molar-refractivity contribution in [2.75, 3.05) is 13.2 Å². The van der Waals surface area contributed by atoms with Gasteiger partial charge in [0.05, 0.1) is 6.61 Å². The van der Waals surface area contributed by atoms with E-state index >= 15 is 0 Å². The lowest BCUT2D eigenvalue weighted by Crippen LogP contribution is -2.23. The predicted molar refractivity (Wildman–Crippen MR) is 87.6 cm³/mol. The van der Waals surface area contributed by atoms with Gasteiger partial charge >= 0.3 is 0 Å². The minimum absolute atomic E-state index is 0.402. The standard InChI is InChI=1S/C16H18BrNOS/c17-13-3-4-14-15(2-1-8-19-16(14)10-13)18-7-5-12-6-9-20-11-12/h3-4,6,9-11,15,18H,1-2,5,7-8H2. The molecule has 106 valence electrons. The summed E-state index contributed by atoms with van der Waals surface area (Å²) in [6.45, 7) is 1.82. The van der Waals surface area contributed by atoms with E-state index in [9.17, 15) is 0 Å².